The molecule has 5 heteroatoms. The number of hydrogen-bond acceptors (Lipinski definition) is 5. The summed E-state index contributed by atoms with van der Waals surface area (Å²) in [4.78, 5) is 7.44. The Morgan fingerprint density at radius 2 is 2.26 bits per heavy atom. The fourth-order valence-corrected chi connectivity index (χ4v) is 4.11. The van der Waals surface area contributed by atoms with Crippen LogP contribution in [0.2, 0.25) is 0 Å². The van der Waals surface area contributed by atoms with Crippen LogP contribution in [0.1, 0.15) is 37.7 Å². The second kappa shape index (κ2) is 8.98. The molecule has 0 spiro atoms. The zero-order valence-electron chi connectivity index (χ0n) is 16.6. The Morgan fingerprint density at radius 3 is 2.89 bits per heavy atom. The highest BCUT2D eigenvalue weighted by molar-refractivity contribution is 7.10. The number of aromatic nitrogens is 1. The average Bonchev–Trinajstić information content (AvgIpc) is 3.06. The van der Waals surface area contributed by atoms with Crippen LogP contribution in [0, 0.1) is 18.3 Å². The van der Waals surface area contributed by atoms with Gasteiger partial charge in [-0.2, -0.15) is 5.26 Å². The molecule has 0 aliphatic heterocycles. The quantitative estimate of drug-likeness (QED) is 0.325. The van der Waals surface area contributed by atoms with Gasteiger partial charge in [0.1, 0.15) is 12.8 Å². The summed E-state index contributed by atoms with van der Waals surface area (Å²) in [5, 5.41) is 11.3. The minimum atomic E-state index is -0.172. The topological polar surface area (TPSA) is 49.1 Å². The zero-order valence-corrected chi connectivity index (χ0v) is 17.4. The molecule has 0 saturated heterocycles. The number of pyridine rings is 1. The van der Waals surface area contributed by atoms with Crippen LogP contribution in [0.3, 0.4) is 0 Å². The lowest BCUT2D eigenvalue weighted by atomic mass is 9.83. The van der Waals surface area contributed by atoms with Gasteiger partial charge in [-0.25, -0.2) is 0 Å². The van der Waals surface area contributed by atoms with Crippen LogP contribution in [0.15, 0.2) is 48.8 Å². The summed E-state index contributed by atoms with van der Waals surface area (Å²) < 4.78 is 5.81. The van der Waals surface area contributed by atoms with Gasteiger partial charge in [-0.05, 0) is 42.8 Å². The van der Waals surface area contributed by atoms with E-state index in [1.165, 1.54) is 10.4 Å². The Labute approximate surface area is 167 Å². The van der Waals surface area contributed by atoms with Gasteiger partial charge in [-0.1, -0.05) is 19.6 Å². The van der Waals surface area contributed by atoms with Crippen LogP contribution in [0.5, 0.6) is 0 Å². The third-order valence-corrected chi connectivity index (χ3v) is 6.25. The normalized spacial score (nSPS) is 12.9. The van der Waals surface area contributed by atoms with Gasteiger partial charge >= 0.3 is 0 Å². The molecule has 0 aliphatic rings. The van der Waals surface area contributed by atoms with Gasteiger partial charge in [0.15, 0.2) is 0 Å². The van der Waals surface area contributed by atoms with E-state index in [1.807, 2.05) is 37.2 Å². The van der Waals surface area contributed by atoms with Crippen molar-refractivity contribution in [3.05, 3.63) is 64.8 Å². The van der Waals surface area contributed by atoms with Crippen molar-refractivity contribution in [1.82, 2.24) is 9.88 Å². The molecule has 144 valence electrons. The molecule has 0 fully saturated rings. The summed E-state index contributed by atoms with van der Waals surface area (Å²) in [5.74, 6) is 0. The molecule has 2 aromatic heterocycles. The smallest absolute Gasteiger partial charge is 0.118 e. The number of ether oxygens (including phenoxy) is 1. The predicted molar refractivity (Wildman–Crippen MR) is 115 cm³/mol. The summed E-state index contributed by atoms with van der Waals surface area (Å²) in [6.07, 6.45) is 6.24. The first-order valence-corrected chi connectivity index (χ1v) is 9.72. The Morgan fingerprint density at radius 1 is 1.52 bits per heavy atom. The first-order valence-electron chi connectivity index (χ1n) is 8.84. The monoisotopic (exact) mass is 383 g/mol. The fourth-order valence-electron chi connectivity index (χ4n) is 2.82. The summed E-state index contributed by atoms with van der Waals surface area (Å²) in [6, 6.07) is 4.04. The van der Waals surface area contributed by atoms with Crippen molar-refractivity contribution in [2.75, 3.05) is 20.4 Å². The van der Waals surface area contributed by atoms with Crippen molar-refractivity contribution < 1.29 is 6.16 Å². The maximum Gasteiger partial charge on any atom is 0.118 e. The molecule has 0 aliphatic carbocycles. The molecule has 0 saturated carbocycles. The number of thiophene rings is 1. The number of hydrogen-bond donors (Lipinski definition) is 0. The average molecular weight is 384 g/mol. The van der Waals surface area contributed by atoms with E-state index in [-0.39, 0.29) is 6.84 Å². The second-order valence-electron chi connectivity index (χ2n) is 7.02. The number of allylic oxidation sites excluding steroid dienone is 2. The molecule has 1 atom stereocenters. The molecule has 2 rings (SSSR count). The third-order valence-electron chi connectivity index (χ3n) is 4.89. The van der Waals surface area contributed by atoms with Crippen molar-refractivity contribution in [3.63, 3.8) is 0 Å². The van der Waals surface area contributed by atoms with Crippen molar-refractivity contribution >= 4 is 11.3 Å². The second-order valence-corrected chi connectivity index (χ2v) is 7.90. The molecule has 0 N–H and O–H groups in total. The molecule has 0 radical (unpaired) electrons. The van der Waals surface area contributed by atoms with E-state index in [0.29, 0.717) is 18.9 Å². The third kappa shape index (κ3) is 4.85. The molecule has 27 heavy (non-hydrogen) atoms. The van der Waals surface area contributed by atoms with Crippen LogP contribution in [0.25, 0.3) is 11.1 Å². The number of nitriles is 1. The van der Waals surface area contributed by atoms with Gasteiger partial charge in [0.25, 0.3) is 0 Å². The molecule has 0 amide bonds. The van der Waals surface area contributed by atoms with E-state index < -0.39 is 0 Å². The predicted octanol–water partition coefficient (Wildman–Crippen LogP) is 5.51. The Balaban J connectivity index is 0.00000392. The van der Waals surface area contributed by atoms with Crippen LogP contribution in [-0.2, 0) is 10.2 Å². The van der Waals surface area contributed by atoms with Crippen molar-refractivity contribution in [2.24, 2.45) is 0 Å². The molecule has 0 bridgehead atoms. The van der Waals surface area contributed by atoms with E-state index in [2.05, 4.69) is 43.4 Å². The van der Waals surface area contributed by atoms with E-state index >= 15 is 0 Å². The van der Waals surface area contributed by atoms with E-state index in [0.717, 1.165) is 23.2 Å². The number of nitrogens with zero attached hydrogens (tertiary/aromatic N) is 3. The van der Waals surface area contributed by atoms with Gasteiger partial charge in [0, 0.05) is 42.4 Å². The first kappa shape index (κ1) is 20.9. The summed E-state index contributed by atoms with van der Waals surface area (Å²) in [5.41, 5.74) is 4.68. The molecule has 0 aromatic carbocycles. The van der Waals surface area contributed by atoms with Gasteiger partial charge in [0.2, 0.25) is 0 Å². The fraction of sp³-hybridized carbons (Fsp3) is 0.364. The zero-order chi connectivity index (χ0) is 20.0. The molecular weight excluding hydrogens is 354 g/mol. The Kier molecular flexibility index (Phi) is 6.95. The van der Waals surface area contributed by atoms with Crippen LogP contribution in [0.4, 0.5) is 0 Å². The van der Waals surface area contributed by atoms with Gasteiger partial charge in [-0.15, -0.1) is 17.9 Å². The standard InChI is InChI=1S/C22H27N3OS.H2/c1-7-22(5,8-9-26-15-25(6)16(2)3)21-17(4)20(14-27-21)19-10-18(11-23)12-24-13-19;/h7,10,12-14H,1-2,8-9,15H2,3-6H3;1H/t22-;/m0./s1. The van der Waals surface area contributed by atoms with Crippen molar-refractivity contribution in [2.45, 2.75) is 32.6 Å². The first-order chi connectivity index (χ1) is 12.8. The SMILES string of the molecule is C=C[C@@](C)(CCOCN(C)C(=C)C)c1scc(-c2cncc(C#N)c2)c1C.[HH]. The van der Waals surface area contributed by atoms with Crippen LogP contribution in [-0.4, -0.2) is 30.3 Å². The lowest BCUT2D eigenvalue weighted by Crippen LogP contribution is -2.24. The largest absolute Gasteiger partial charge is 0.361 e. The molecule has 2 heterocycles. The number of rotatable bonds is 9. The highest BCUT2D eigenvalue weighted by atomic mass is 32.1. The van der Waals surface area contributed by atoms with Crippen LogP contribution >= 0.6 is 11.3 Å². The van der Waals surface area contributed by atoms with Gasteiger partial charge in [-0.3, -0.25) is 4.98 Å². The van der Waals surface area contributed by atoms with Crippen molar-refractivity contribution in [1.29, 1.82) is 5.26 Å². The molecule has 2 aromatic rings. The van der Waals surface area contributed by atoms with Gasteiger partial charge < -0.3 is 9.64 Å². The van der Waals surface area contributed by atoms with Crippen LogP contribution < -0.4 is 0 Å². The summed E-state index contributed by atoms with van der Waals surface area (Å²) in [7, 11) is 1.97. The van der Waals surface area contributed by atoms with Gasteiger partial charge in [0.05, 0.1) is 12.2 Å². The lowest BCUT2D eigenvalue weighted by Gasteiger charge is -2.27. The van der Waals surface area contributed by atoms with E-state index in [9.17, 15) is 0 Å². The highest BCUT2D eigenvalue weighted by Gasteiger charge is 2.28. The molecule has 4 nitrogen and oxygen atoms in total. The maximum atomic E-state index is 9.12. The minimum Gasteiger partial charge on any atom is -0.361 e. The summed E-state index contributed by atoms with van der Waals surface area (Å²) in [6.45, 7) is 15.4. The summed E-state index contributed by atoms with van der Waals surface area (Å²) >= 11 is 1.72. The lowest BCUT2D eigenvalue weighted by molar-refractivity contribution is 0.0530. The van der Waals surface area contributed by atoms with E-state index in [4.69, 9.17) is 10.00 Å². The van der Waals surface area contributed by atoms with E-state index in [1.54, 1.807) is 17.5 Å². The molecule has 0 unspecified atom stereocenters. The highest BCUT2D eigenvalue weighted by Crippen LogP contribution is 2.40. The Bertz CT molecular complexity index is 871. The minimum absolute atomic E-state index is 0. The maximum absolute atomic E-state index is 9.12. The van der Waals surface area contributed by atoms with Crippen molar-refractivity contribution in [3.8, 4) is 17.2 Å². The Hall–Kier alpha value is -2.42. The molecular formula is C22H29N3OS.